The Labute approximate surface area is 131 Å². The molecule has 0 spiro atoms. The third kappa shape index (κ3) is 3.10. The van der Waals surface area contributed by atoms with Crippen LogP contribution in [0.2, 0.25) is 0 Å². The molecule has 0 aromatic heterocycles. The molecule has 1 amide bonds. The van der Waals surface area contributed by atoms with Gasteiger partial charge in [0, 0.05) is 32.7 Å². The summed E-state index contributed by atoms with van der Waals surface area (Å²) in [5.74, 6) is 1.14. The molecule has 0 unspecified atom stereocenters. The van der Waals surface area contributed by atoms with E-state index < -0.39 is 0 Å². The van der Waals surface area contributed by atoms with Gasteiger partial charge in [0.25, 0.3) is 0 Å². The molecule has 2 aliphatic rings. The number of rotatable bonds is 4. The van der Waals surface area contributed by atoms with Gasteiger partial charge < -0.3 is 14.4 Å². The number of hydrogen-bond donors (Lipinski definition) is 0. The van der Waals surface area contributed by atoms with E-state index in [1.165, 1.54) is 5.56 Å². The molecule has 2 fully saturated rings. The van der Waals surface area contributed by atoms with Crippen LogP contribution < -0.4 is 4.74 Å². The van der Waals surface area contributed by atoms with Crippen LogP contribution in [0.3, 0.4) is 0 Å². The van der Waals surface area contributed by atoms with E-state index in [1.54, 1.807) is 7.11 Å². The number of benzene rings is 1. The van der Waals surface area contributed by atoms with E-state index in [-0.39, 0.29) is 11.3 Å². The van der Waals surface area contributed by atoms with Gasteiger partial charge in [0.2, 0.25) is 5.91 Å². The standard InChI is InChI=1S/C17H24N2O3/c1-17(12-22-13-17)16(20)19-8-6-18(7-9-19)11-14-4-3-5-15(10-14)21-2/h3-5,10H,6-9,11-13H2,1-2H3. The van der Waals surface area contributed by atoms with E-state index in [0.717, 1.165) is 38.5 Å². The predicted octanol–water partition coefficient (Wildman–Crippen LogP) is 1.38. The SMILES string of the molecule is COc1cccc(CN2CCN(C(=O)C3(C)COC3)CC2)c1. The summed E-state index contributed by atoms with van der Waals surface area (Å²) in [4.78, 5) is 16.8. The summed E-state index contributed by atoms with van der Waals surface area (Å²) in [5.41, 5.74) is 0.966. The van der Waals surface area contributed by atoms with E-state index in [1.807, 2.05) is 24.0 Å². The van der Waals surface area contributed by atoms with Crippen LogP contribution in [0.5, 0.6) is 5.75 Å². The molecule has 0 saturated carbocycles. The van der Waals surface area contributed by atoms with Crippen molar-refractivity contribution in [2.24, 2.45) is 5.41 Å². The highest BCUT2D eigenvalue weighted by atomic mass is 16.5. The second-order valence-corrected chi connectivity index (χ2v) is 6.47. The first kappa shape index (κ1) is 15.3. The van der Waals surface area contributed by atoms with Crippen LogP contribution in [0, 0.1) is 5.41 Å². The Kier molecular flexibility index (Phi) is 4.36. The van der Waals surface area contributed by atoms with Gasteiger partial charge in [-0.2, -0.15) is 0 Å². The van der Waals surface area contributed by atoms with Gasteiger partial charge in [-0.15, -0.1) is 0 Å². The van der Waals surface area contributed by atoms with E-state index in [0.29, 0.717) is 13.2 Å². The fourth-order valence-electron chi connectivity index (χ4n) is 3.05. The molecule has 22 heavy (non-hydrogen) atoms. The van der Waals surface area contributed by atoms with Crippen LogP contribution in [0.4, 0.5) is 0 Å². The van der Waals surface area contributed by atoms with Crippen molar-refractivity contribution < 1.29 is 14.3 Å². The lowest BCUT2D eigenvalue weighted by atomic mass is 9.86. The molecule has 2 aliphatic heterocycles. The van der Waals surface area contributed by atoms with Crippen LogP contribution in [-0.4, -0.2) is 62.2 Å². The Morgan fingerprint density at radius 3 is 2.59 bits per heavy atom. The average molecular weight is 304 g/mol. The second-order valence-electron chi connectivity index (χ2n) is 6.47. The van der Waals surface area contributed by atoms with Crippen molar-refractivity contribution >= 4 is 5.91 Å². The average Bonchev–Trinajstić information content (AvgIpc) is 2.53. The number of amides is 1. The molecule has 0 aliphatic carbocycles. The first-order valence-corrected chi connectivity index (χ1v) is 7.83. The Balaban J connectivity index is 1.52. The van der Waals surface area contributed by atoms with Gasteiger partial charge in [-0.3, -0.25) is 9.69 Å². The van der Waals surface area contributed by atoms with Crippen molar-refractivity contribution in [3.63, 3.8) is 0 Å². The molecule has 5 heteroatoms. The molecular formula is C17H24N2O3. The zero-order valence-corrected chi connectivity index (χ0v) is 13.4. The molecule has 5 nitrogen and oxygen atoms in total. The predicted molar refractivity (Wildman–Crippen MR) is 83.8 cm³/mol. The van der Waals surface area contributed by atoms with E-state index in [2.05, 4.69) is 17.0 Å². The number of hydrogen-bond acceptors (Lipinski definition) is 4. The first-order chi connectivity index (χ1) is 10.6. The normalized spacial score (nSPS) is 21.3. The minimum atomic E-state index is -0.283. The number of methoxy groups -OCH3 is 1. The molecule has 1 aromatic carbocycles. The summed E-state index contributed by atoms with van der Waals surface area (Å²) in [6.07, 6.45) is 0. The lowest BCUT2D eigenvalue weighted by molar-refractivity contribution is -0.170. The van der Waals surface area contributed by atoms with Gasteiger partial charge in [-0.1, -0.05) is 12.1 Å². The Morgan fingerprint density at radius 2 is 2.00 bits per heavy atom. The fourth-order valence-corrected chi connectivity index (χ4v) is 3.05. The van der Waals surface area contributed by atoms with Crippen molar-refractivity contribution in [1.29, 1.82) is 0 Å². The van der Waals surface area contributed by atoms with Crippen LogP contribution >= 0.6 is 0 Å². The maximum atomic E-state index is 12.5. The summed E-state index contributed by atoms with van der Waals surface area (Å²) < 4.78 is 10.5. The van der Waals surface area contributed by atoms with Crippen LogP contribution in [0.1, 0.15) is 12.5 Å². The maximum absolute atomic E-state index is 12.5. The van der Waals surface area contributed by atoms with Gasteiger partial charge in [-0.05, 0) is 24.6 Å². The minimum absolute atomic E-state index is 0.250. The number of piperazine rings is 1. The molecule has 3 rings (SSSR count). The lowest BCUT2D eigenvalue weighted by Crippen LogP contribution is -2.57. The molecule has 120 valence electrons. The molecule has 0 radical (unpaired) electrons. The van der Waals surface area contributed by atoms with Crippen molar-refractivity contribution in [2.75, 3.05) is 46.5 Å². The molecule has 0 bridgehead atoms. The number of ether oxygens (including phenoxy) is 2. The summed E-state index contributed by atoms with van der Waals surface area (Å²) in [7, 11) is 1.69. The molecule has 2 heterocycles. The zero-order chi connectivity index (χ0) is 15.6. The second kappa shape index (κ2) is 6.26. The van der Waals surface area contributed by atoms with Gasteiger partial charge >= 0.3 is 0 Å². The summed E-state index contributed by atoms with van der Waals surface area (Å²) in [5, 5.41) is 0. The van der Waals surface area contributed by atoms with E-state index in [4.69, 9.17) is 9.47 Å². The van der Waals surface area contributed by atoms with Crippen molar-refractivity contribution in [2.45, 2.75) is 13.5 Å². The third-order valence-electron chi connectivity index (χ3n) is 4.56. The summed E-state index contributed by atoms with van der Waals surface area (Å²) >= 11 is 0. The third-order valence-corrected chi connectivity index (χ3v) is 4.56. The molecule has 2 saturated heterocycles. The molecule has 0 N–H and O–H groups in total. The van der Waals surface area contributed by atoms with E-state index >= 15 is 0 Å². The molecule has 1 aromatic rings. The minimum Gasteiger partial charge on any atom is -0.497 e. The zero-order valence-electron chi connectivity index (χ0n) is 13.4. The van der Waals surface area contributed by atoms with Gasteiger partial charge in [0.15, 0.2) is 0 Å². The topological polar surface area (TPSA) is 42.0 Å². The van der Waals surface area contributed by atoms with E-state index in [9.17, 15) is 4.79 Å². The van der Waals surface area contributed by atoms with Gasteiger partial charge in [0.05, 0.1) is 25.7 Å². The smallest absolute Gasteiger partial charge is 0.233 e. The van der Waals surface area contributed by atoms with Crippen LogP contribution in [0.25, 0.3) is 0 Å². The highest BCUT2D eigenvalue weighted by Gasteiger charge is 2.44. The van der Waals surface area contributed by atoms with Crippen molar-refractivity contribution in [3.8, 4) is 5.75 Å². The molecule has 0 atom stereocenters. The lowest BCUT2D eigenvalue weighted by Gasteiger charge is -2.43. The summed E-state index contributed by atoms with van der Waals surface area (Å²) in [6.45, 7) is 7.48. The van der Waals surface area contributed by atoms with Crippen LogP contribution in [0.15, 0.2) is 24.3 Å². The maximum Gasteiger partial charge on any atom is 0.233 e. The molecular weight excluding hydrogens is 280 g/mol. The van der Waals surface area contributed by atoms with Crippen molar-refractivity contribution in [3.05, 3.63) is 29.8 Å². The van der Waals surface area contributed by atoms with Crippen molar-refractivity contribution in [1.82, 2.24) is 9.80 Å². The Bertz CT molecular complexity index is 534. The number of carbonyl (C=O) groups is 1. The van der Waals surface area contributed by atoms with Gasteiger partial charge in [0.1, 0.15) is 5.75 Å². The monoisotopic (exact) mass is 304 g/mol. The number of nitrogens with zero attached hydrogens (tertiary/aromatic N) is 2. The largest absolute Gasteiger partial charge is 0.497 e. The van der Waals surface area contributed by atoms with Crippen LogP contribution in [-0.2, 0) is 16.1 Å². The Hall–Kier alpha value is -1.59. The highest BCUT2D eigenvalue weighted by molar-refractivity contribution is 5.83. The number of carbonyl (C=O) groups excluding carboxylic acids is 1. The summed E-state index contributed by atoms with van der Waals surface area (Å²) in [6, 6.07) is 8.17. The highest BCUT2D eigenvalue weighted by Crippen LogP contribution is 2.29. The first-order valence-electron chi connectivity index (χ1n) is 7.83. The fraction of sp³-hybridized carbons (Fsp3) is 0.588. The quantitative estimate of drug-likeness (QED) is 0.843. The van der Waals surface area contributed by atoms with Gasteiger partial charge in [-0.25, -0.2) is 0 Å². The Morgan fingerprint density at radius 1 is 1.27 bits per heavy atom.